The van der Waals surface area contributed by atoms with E-state index in [0.29, 0.717) is 12.0 Å². The van der Waals surface area contributed by atoms with E-state index < -0.39 is 0 Å². The molecule has 2 atom stereocenters. The molecule has 2 saturated carbocycles. The van der Waals surface area contributed by atoms with E-state index in [1.165, 1.54) is 12.8 Å². The topological polar surface area (TPSA) is 70.2 Å². The molecule has 18 heavy (non-hydrogen) atoms. The second-order valence-electron chi connectivity index (χ2n) is 5.64. The van der Waals surface area contributed by atoms with Crippen molar-refractivity contribution in [2.45, 2.75) is 57.5 Å². The van der Waals surface area contributed by atoms with Gasteiger partial charge in [0.25, 0.3) is 0 Å². The molecular formula is C13H23N3O2. The summed E-state index contributed by atoms with van der Waals surface area (Å²) in [7, 11) is 0. The summed E-state index contributed by atoms with van der Waals surface area (Å²) in [6.45, 7) is 2.29. The van der Waals surface area contributed by atoms with E-state index in [2.05, 4.69) is 22.9 Å². The maximum atomic E-state index is 11.7. The average Bonchev–Trinajstić information content (AvgIpc) is 3.10. The molecule has 0 radical (unpaired) electrons. The molecule has 2 unspecified atom stereocenters. The van der Waals surface area contributed by atoms with Gasteiger partial charge in [-0.15, -0.1) is 0 Å². The van der Waals surface area contributed by atoms with Crippen molar-refractivity contribution < 1.29 is 9.59 Å². The Morgan fingerprint density at radius 3 is 2.50 bits per heavy atom. The Hall–Kier alpha value is -1.26. The lowest BCUT2D eigenvalue weighted by atomic mass is 9.87. The third-order valence-electron chi connectivity index (χ3n) is 3.62. The van der Waals surface area contributed by atoms with Crippen LogP contribution in [-0.4, -0.2) is 30.6 Å². The summed E-state index contributed by atoms with van der Waals surface area (Å²) in [4.78, 5) is 23.0. The molecule has 3 N–H and O–H groups in total. The lowest BCUT2D eigenvalue weighted by molar-refractivity contribution is -0.121. The summed E-state index contributed by atoms with van der Waals surface area (Å²) >= 11 is 0. The van der Waals surface area contributed by atoms with E-state index in [0.717, 1.165) is 25.7 Å². The molecule has 2 aliphatic rings. The molecule has 2 aliphatic carbocycles. The van der Waals surface area contributed by atoms with Crippen molar-refractivity contribution in [1.29, 1.82) is 0 Å². The van der Waals surface area contributed by atoms with Crippen molar-refractivity contribution in [1.82, 2.24) is 16.0 Å². The lowest BCUT2D eigenvalue weighted by Crippen LogP contribution is -2.46. The van der Waals surface area contributed by atoms with Gasteiger partial charge in [0, 0.05) is 12.1 Å². The van der Waals surface area contributed by atoms with Crippen LogP contribution in [0.4, 0.5) is 4.79 Å². The SMILES string of the molecule is CC1CCCC(NC(=O)CNC(=O)NC2CC2)C1. The van der Waals surface area contributed by atoms with Crippen molar-refractivity contribution in [2.75, 3.05) is 6.54 Å². The third-order valence-corrected chi connectivity index (χ3v) is 3.62. The second-order valence-corrected chi connectivity index (χ2v) is 5.64. The Balaban J connectivity index is 1.60. The molecule has 0 spiro atoms. The lowest BCUT2D eigenvalue weighted by Gasteiger charge is -2.27. The molecule has 2 fully saturated rings. The van der Waals surface area contributed by atoms with Gasteiger partial charge in [-0.1, -0.05) is 19.8 Å². The van der Waals surface area contributed by atoms with Crippen molar-refractivity contribution in [2.24, 2.45) is 5.92 Å². The van der Waals surface area contributed by atoms with Gasteiger partial charge in [-0.25, -0.2) is 4.79 Å². The molecule has 0 saturated heterocycles. The normalized spacial score (nSPS) is 27.4. The first-order valence-corrected chi connectivity index (χ1v) is 6.97. The van der Waals surface area contributed by atoms with Crippen LogP contribution in [-0.2, 0) is 4.79 Å². The average molecular weight is 253 g/mol. The minimum absolute atomic E-state index is 0.0729. The van der Waals surface area contributed by atoms with Gasteiger partial charge < -0.3 is 16.0 Å². The summed E-state index contributed by atoms with van der Waals surface area (Å²) < 4.78 is 0. The molecule has 2 rings (SSSR count). The molecule has 0 bridgehead atoms. The van der Waals surface area contributed by atoms with Gasteiger partial charge in [0.05, 0.1) is 6.54 Å². The number of nitrogens with one attached hydrogen (secondary N) is 3. The number of hydrogen-bond donors (Lipinski definition) is 3. The minimum Gasteiger partial charge on any atom is -0.352 e. The fraction of sp³-hybridized carbons (Fsp3) is 0.846. The highest BCUT2D eigenvalue weighted by atomic mass is 16.2. The van der Waals surface area contributed by atoms with Gasteiger partial charge in [-0.05, 0) is 31.6 Å². The largest absolute Gasteiger partial charge is 0.352 e. The van der Waals surface area contributed by atoms with Crippen LogP contribution in [0.2, 0.25) is 0 Å². The molecule has 0 aromatic heterocycles. The van der Waals surface area contributed by atoms with Gasteiger partial charge in [0.1, 0.15) is 0 Å². The highest BCUT2D eigenvalue weighted by molar-refractivity contribution is 5.84. The first kappa shape index (κ1) is 13.2. The van der Waals surface area contributed by atoms with Crippen LogP contribution in [0.25, 0.3) is 0 Å². The Labute approximate surface area is 108 Å². The van der Waals surface area contributed by atoms with Gasteiger partial charge in [0.15, 0.2) is 0 Å². The third kappa shape index (κ3) is 4.55. The highest BCUT2D eigenvalue weighted by Crippen LogP contribution is 2.23. The first-order chi connectivity index (χ1) is 8.63. The van der Waals surface area contributed by atoms with E-state index in [1.54, 1.807) is 0 Å². The van der Waals surface area contributed by atoms with E-state index in [1.807, 2.05) is 0 Å². The quantitative estimate of drug-likeness (QED) is 0.703. The zero-order chi connectivity index (χ0) is 13.0. The fourth-order valence-corrected chi connectivity index (χ4v) is 2.47. The molecule has 5 nitrogen and oxygen atoms in total. The number of carbonyl (C=O) groups excluding carboxylic acids is 2. The second kappa shape index (κ2) is 6.07. The molecule has 0 aliphatic heterocycles. The van der Waals surface area contributed by atoms with Gasteiger partial charge in [-0.2, -0.15) is 0 Å². The monoisotopic (exact) mass is 253 g/mol. The highest BCUT2D eigenvalue weighted by Gasteiger charge is 2.24. The summed E-state index contributed by atoms with van der Waals surface area (Å²) in [6.07, 6.45) is 6.67. The van der Waals surface area contributed by atoms with Crippen LogP contribution in [0.15, 0.2) is 0 Å². The van der Waals surface area contributed by atoms with Crippen molar-refractivity contribution >= 4 is 11.9 Å². The van der Waals surface area contributed by atoms with Crippen LogP contribution in [0.1, 0.15) is 45.4 Å². The van der Waals surface area contributed by atoms with Crippen LogP contribution in [0.5, 0.6) is 0 Å². The Morgan fingerprint density at radius 1 is 1.06 bits per heavy atom. The standard InChI is InChI=1S/C13H23N3O2/c1-9-3-2-4-11(7-9)15-12(17)8-14-13(18)16-10-5-6-10/h9-11H,2-8H2,1H3,(H,15,17)(H2,14,16,18). The van der Waals surface area contributed by atoms with E-state index in [4.69, 9.17) is 0 Å². The maximum absolute atomic E-state index is 11.7. The predicted octanol–water partition coefficient (Wildman–Crippen LogP) is 1.14. The first-order valence-electron chi connectivity index (χ1n) is 6.97. The molecule has 5 heteroatoms. The Morgan fingerprint density at radius 2 is 1.83 bits per heavy atom. The maximum Gasteiger partial charge on any atom is 0.315 e. The van der Waals surface area contributed by atoms with Crippen LogP contribution >= 0.6 is 0 Å². The molecule has 0 heterocycles. The van der Waals surface area contributed by atoms with E-state index in [9.17, 15) is 9.59 Å². The van der Waals surface area contributed by atoms with Crippen molar-refractivity contribution in [3.63, 3.8) is 0 Å². The van der Waals surface area contributed by atoms with E-state index in [-0.39, 0.29) is 24.5 Å². The Kier molecular flexibility index (Phi) is 4.44. The molecule has 0 aromatic carbocycles. The molecule has 3 amide bonds. The van der Waals surface area contributed by atoms with Crippen LogP contribution in [0, 0.1) is 5.92 Å². The Bertz CT molecular complexity index is 315. The van der Waals surface area contributed by atoms with Gasteiger partial charge >= 0.3 is 6.03 Å². The smallest absolute Gasteiger partial charge is 0.315 e. The number of hydrogen-bond acceptors (Lipinski definition) is 2. The molecule has 102 valence electrons. The van der Waals surface area contributed by atoms with Crippen LogP contribution in [0.3, 0.4) is 0 Å². The van der Waals surface area contributed by atoms with E-state index >= 15 is 0 Å². The predicted molar refractivity (Wildman–Crippen MR) is 69.1 cm³/mol. The fourth-order valence-electron chi connectivity index (χ4n) is 2.47. The number of carbonyl (C=O) groups is 2. The summed E-state index contributed by atoms with van der Waals surface area (Å²) in [6, 6.07) is 0.381. The number of urea groups is 1. The number of rotatable bonds is 4. The van der Waals surface area contributed by atoms with Crippen molar-refractivity contribution in [3.05, 3.63) is 0 Å². The zero-order valence-electron chi connectivity index (χ0n) is 11.0. The van der Waals surface area contributed by atoms with Crippen molar-refractivity contribution in [3.8, 4) is 0 Å². The van der Waals surface area contributed by atoms with Gasteiger partial charge in [0.2, 0.25) is 5.91 Å². The molecule has 0 aromatic rings. The molecular weight excluding hydrogens is 230 g/mol. The number of amides is 3. The summed E-state index contributed by atoms with van der Waals surface area (Å²) in [5.74, 6) is 0.607. The van der Waals surface area contributed by atoms with Crippen LogP contribution < -0.4 is 16.0 Å². The van der Waals surface area contributed by atoms with Gasteiger partial charge in [-0.3, -0.25) is 4.79 Å². The minimum atomic E-state index is -0.232. The summed E-state index contributed by atoms with van der Waals surface area (Å²) in [5.41, 5.74) is 0. The summed E-state index contributed by atoms with van der Waals surface area (Å²) in [5, 5.41) is 8.37. The zero-order valence-corrected chi connectivity index (χ0v) is 11.0.